The summed E-state index contributed by atoms with van der Waals surface area (Å²) in [5.74, 6) is 0. The summed E-state index contributed by atoms with van der Waals surface area (Å²) >= 11 is 0. The first-order valence-corrected chi connectivity index (χ1v) is 4.52. The largest absolute Gasteiger partial charge is 0.508 e. The van der Waals surface area contributed by atoms with Crippen LogP contribution >= 0.6 is 0 Å². The van der Waals surface area contributed by atoms with Gasteiger partial charge in [-0.15, -0.1) is 0 Å². The molecule has 3 nitrogen and oxygen atoms in total. The van der Waals surface area contributed by atoms with Crippen LogP contribution in [-0.2, 0) is 9.47 Å². The molecule has 0 bridgehead atoms. The average molecular weight is 194 g/mol. The highest BCUT2D eigenvalue weighted by Crippen LogP contribution is 2.02. The van der Waals surface area contributed by atoms with E-state index >= 15 is 0 Å². The molecule has 0 aliphatic carbocycles. The van der Waals surface area contributed by atoms with Crippen LogP contribution in [0.25, 0.3) is 0 Å². The van der Waals surface area contributed by atoms with Crippen molar-refractivity contribution in [2.24, 2.45) is 0 Å². The number of ether oxygens (including phenoxy) is 2. The number of hydrogen-bond acceptors (Lipinski definition) is 3. The van der Waals surface area contributed by atoms with Crippen molar-refractivity contribution in [1.82, 2.24) is 0 Å². The molecule has 1 aromatic rings. The molecule has 0 spiro atoms. The Bertz CT molecular complexity index is 278. The van der Waals surface area contributed by atoms with Gasteiger partial charge in [0.2, 0.25) is 0 Å². The fourth-order valence-corrected chi connectivity index (χ4v) is 0.954. The minimum atomic E-state index is -0.546. The molecule has 2 rings (SSSR count). The second-order valence-corrected chi connectivity index (χ2v) is 3.03. The van der Waals surface area contributed by atoms with E-state index in [0.717, 1.165) is 0 Å². The van der Waals surface area contributed by atoms with Gasteiger partial charge in [0.15, 0.2) is 0 Å². The van der Waals surface area contributed by atoms with Crippen LogP contribution < -0.4 is 0 Å². The lowest BCUT2D eigenvalue weighted by molar-refractivity contribution is 0.131. The van der Waals surface area contributed by atoms with Crippen molar-refractivity contribution in [1.29, 1.82) is 0 Å². The van der Waals surface area contributed by atoms with Crippen molar-refractivity contribution < 1.29 is 14.3 Å². The molecule has 0 atom stereocenters. The molecule has 0 saturated carbocycles. The van der Waals surface area contributed by atoms with E-state index in [1.165, 1.54) is 11.1 Å². The highest BCUT2D eigenvalue weighted by atomic mass is 16.8. The minimum absolute atomic E-state index is 0.416. The number of aryl methyl sites for hydroxylation is 2. The van der Waals surface area contributed by atoms with Gasteiger partial charge in [-0.3, -0.25) is 0 Å². The van der Waals surface area contributed by atoms with E-state index in [9.17, 15) is 4.79 Å². The molecule has 76 valence electrons. The maximum Gasteiger partial charge on any atom is 0.508 e. The van der Waals surface area contributed by atoms with E-state index in [-0.39, 0.29) is 0 Å². The maximum absolute atomic E-state index is 9.80. The van der Waals surface area contributed by atoms with Gasteiger partial charge in [0.05, 0.1) is 0 Å². The fraction of sp³-hybridized carbons (Fsp3) is 0.364. The number of hydrogen-bond donors (Lipinski definition) is 0. The lowest BCUT2D eigenvalue weighted by atomic mass is 10.1. The van der Waals surface area contributed by atoms with Gasteiger partial charge in [-0.1, -0.05) is 24.3 Å². The SMILES string of the molecule is Cc1ccccc1C.O=C1OCCO1. The lowest BCUT2D eigenvalue weighted by Gasteiger charge is -1.93. The number of carbonyl (C=O) groups is 1. The molecular formula is C11H14O3. The van der Waals surface area contributed by atoms with Gasteiger partial charge in [0.1, 0.15) is 13.2 Å². The Morgan fingerprint density at radius 1 is 1.00 bits per heavy atom. The smallest absolute Gasteiger partial charge is 0.431 e. The number of cyclic esters (lactones) is 2. The number of rotatable bonds is 0. The zero-order chi connectivity index (χ0) is 10.4. The van der Waals surface area contributed by atoms with Crippen molar-refractivity contribution in [2.45, 2.75) is 13.8 Å². The van der Waals surface area contributed by atoms with Crippen LogP contribution in [0.15, 0.2) is 24.3 Å². The molecule has 1 saturated heterocycles. The molecule has 1 aromatic carbocycles. The van der Waals surface area contributed by atoms with Crippen LogP contribution in [0.1, 0.15) is 11.1 Å². The second kappa shape index (κ2) is 5.27. The summed E-state index contributed by atoms with van der Waals surface area (Å²) in [6, 6.07) is 8.36. The van der Waals surface area contributed by atoms with Gasteiger partial charge < -0.3 is 9.47 Å². The molecule has 1 aliphatic heterocycles. The molecule has 3 heteroatoms. The Kier molecular flexibility index (Phi) is 3.98. The maximum atomic E-state index is 9.80. The zero-order valence-corrected chi connectivity index (χ0v) is 8.45. The summed E-state index contributed by atoms with van der Waals surface area (Å²) in [6.45, 7) is 5.07. The van der Waals surface area contributed by atoms with Gasteiger partial charge in [-0.05, 0) is 25.0 Å². The summed E-state index contributed by atoms with van der Waals surface area (Å²) in [5.41, 5.74) is 2.74. The van der Waals surface area contributed by atoms with Crippen molar-refractivity contribution in [3.8, 4) is 0 Å². The molecule has 1 aliphatic rings. The van der Waals surface area contributed by atoms with Crippen LogP contribution in [0.2, 0.25) is 0 Å². The van der Waals surface area contributed by atoms with Crippen molar-refractivity contribution in [3.63, 3.8) is 0 Å². The number of carbonyl (C=O) groups excluding carboxylic acids is 1. The van der Waals surface area contributed by atoms with Crippen LogP contribution in [0, 0.1) is 13.8 Å². The first-order chi connectivity index (χ1) is 6.70. The molecule has 1 heterocycles. The zero-order valence-electron chi connectivity index (χ0n) is 8.45. The molecule has 0 amide bonds. The highest BCUT2D eigenvalue weighted by Gasteiger charge is 2.09. The van der Waals surface area contributed by atoms with E-state index in [4.69, 9.17) is 0 Å². The highest BCUT2D eigenvalue weighted by molar-refractivity contribution is 5.61. The van der Waals surface area contributed by atoms with E-state index in [2.05, 4.69) is 47.6 Å². The van der Waals surface area contributed by atoms with Crippen LogP contribution in [0.3, 0.4) is 0 Å². The normalized spacial score (nSPS) is 13.7. The summed E-state index contributed by atoms with van der Waals surface area (Å²) in [6.07, 6.45) is -0.546. The third kappa shape index (κ3) is 3.47. The Morgan fingerprint density at radius 3 is 1.64 bits per heavy atom. The number of benzene rings is 1. The van der Waals surface area contributed by atoms with Crippen LogP contribution in [0.5, 0.6) is 0 Å². The molecule has 0 radical (unpaired) electrons. The first kappa shape index (κ1) is 10.6. The van der Waals surface area contributed by atoms with Crippen molar-refractivity contribution in [2.75, 3.05) is 13.2 Å². The van der Waals surface area contributed by atoms with E-state index in [0.29, 0.717) is 13.2 Å². The fourth-order valence-electron chi connectivity index (χ4n) is 0.954. The van der Waals surface area contributed by atoms with Crippen LogP contribution in [0.4, 0.5) is 4.79 Å². The topological polar surface area (TPSA) is 35.5 Å². The van der Waals surface area contributed by atoms with Crippen molar-refractivity contribution in [3.05, 3.63) is 35.4 Å². The Balaban J connectivity index is 0.000000146. The van der Waals surface area contributed by atoms with Gasteiger partial charge in [-0.2, -0.15) is 0 Å². The summed E-state index contributed by atoms with van der Waals surface area (Å²) in [7, 11) is 0. The van der Waals surface area contributed by atoms with E-state index in [1.807, 2.05) is 0 Å². The Labute approximate surface area is 83.6 Å². The summed E-state index contributed by atoms with van der Waals surface area (Å²) in [4.78, 5) is 9.80. The lowest BCUT2D eigenvalue weighted by Crippen LogP contribution is -1.88. The third-order valence-corrected chi connectivity index (χ3v) is 1.95. The van der Waals surface area contributed by atoms with Crippen molar-refractivity contribution >= 4 is 6.16 Å². The predicted octanol–water partition coefficient (Wildman–Crippen LogP) is 2.46. The standard InChI is InChI=1S/C8H10.C3H4O3/c1-7-5-3-4-6-8(7)2;4-3-5-1-2-6-3/h3-6H,1-2H3;1-2H2. The third-order valence-electron chi connectivity index (χ3n) is 1.95. The minimum Gasteiger partial charge on any atom is -0.431 e. The Hall–Kier alpha value is -1.51. The predicted molar refractivity (Wildman–Crippen MR) is 53.2 cm³/mol. The molecule has 1 fully saturated rings. The summed E-state index contributed by atoms with van der Waals surface area (Å²) in [5, 5.41) is 0. The van der Waals surface area contributed by atoms with Crippen LogP contribution in [-0.4, -0.2) is 19.4 Å². The van der Waals surface area contributed by atoms with Gasteiger partial charge in [0, 0.05) is 0 Å². The van der Waals surface area contributed by atoms with Gasteiger partial charge in [0.25, 0.3) is 0 Å². The summed E-state index contributed by atoms with van der Waals surface area (Å²) < 4.78 is 8.58. The molecule has 0 aromatic heterocycles. The second-order valence-electron chi connectivity index (χ2n) is 3.03. The quantitative estimate of drug-likeness (QED) is 0.595. The first-order valence-electron chi connectivity index (χ1n) is 4.52. The molecular weight excluding hydrogens is 180 g/mol. The van der Waals surface area contributed by atoms with Gasteiger partial charge >= 0.3 is 6.16 Å². The monoisotopic (exact) mass is 194 g/mol. The molecule has 0 N–H and O–H groups in total. The Morgan fingerprint density at radius 2 is 1.43 bits per heavy atom. The van der Waals surface area contributed by atoms with E-state index in [1.54, 1.807) is 0 Å². The molecule has 0 unspecified atom stereocenters. The molecule has 14 heavy (non-hydrogen) atoms. The average Bonchev–Trinajstić information content (AvgIpc) is 2.63. The van der Waals surface area contributed by atoms with E-state index < -0.39 is 6.16 Å². The van der Waals surface area contributed by atoms with Gasteiger partial charge in [-0.25, -0.2) is 4.79 Å².